The molecule has 0 atom stereocenters. The molecule has 3 heteroatoms. The predicted octanol–water partition coefficient (Wildman–Crippen LogP) is 2.22. The van der Waals surface area contributed by atoms with Crippen LogP contribution in [0.15, 0.2) is 24.3 Å². The highest BCUT2D eigenvalue weighted by Crippen LogP contribution is 2.17. The highest BCUT2D eigenvalue weighted by atomic mass is 35.5. The van der Waals surface area contributed by atoms with E-state index in [4.69, 9.17) is 11.6 Å². The van der Waals surface area contributed by atoms with Crippen molar-refractivity contribution in [3.05, 3.63) is 34.9 Å². The number of benzene rings is 1. The van der Waals surface area contributed by atoms with Gasteiger partial charge < -0.3 is 10.6 Å². The largest absolute Gasteiger partial charge is 0.315 e. The van der Waals surface area contributed by atoms with E-state index in [1.54, 1.807) is 0 Å². The summed E-state index contributed by atoms with van der Waals surface area (Å²) in [6.45, 7) is 3.16. The highest BCUT2D eigenvalue weighted by molar-refractivity contribution is 6.30. The first kappa shape index (κ1) is 11.9. The molecule has 0 spiro atoms. The van der Waals surface area contributed by atoms with Crippen molar-refractivity contribution >= 4 is 11.6 Å². The van der Waals surface area contributed by atoms with E-state index in [1.165, 1.54) is 18.4 Å². The molecule has 1 aromatic carbocycles. The zero-order chi connectivity index (χ0) is 11.2. The van der Waals surface area contributed by atoms with Crippen LogP contribution in [0.3, 0.4) is 0 Å². The number of hydrogen-bond donors (Lipinski definition) is 2. The van der Waals surface area contributed by atoms with Crippen molar-refractivity contribution < 1.29 is 0 Å². The summed E-state index contributed by atoms with van der Waals surface area (Å²) in [4.78, 5) is 0. The topological polar surface area (TPSA) is 24.1 Å². The maximum absolute atomic E-state index is 5.92. The first-order valence-electron chi connectivity index (χ1n) is 6.03. The van der Waals surface area contributed by atoms with Gasteiger partial charge >= 0.3 is 0 Å². The fourth-order valence-corrected chi connectivity index (χ4v) is 1.92. The van der Waals surface area contributed by atoms with Gasteiger partial charge in [0.15, 0.2) is 0 Å². The molecule has 0 aliphatic heterocycles. The maximum atomic E-state index is 5.92. The van der Waals surface area contributed by atoms with Gasteiger partial charge in [0.1, 0.15) is 0 Å². The lowest BCUT2D eigenvalue weighted by atomic mass is 10.1. The Hall–Kier alpha value is -0.570. The first-order valence-corrected chi connectivity index (χ1v) is 6.41. The minimum Gasteiger partial charge on any atom is -0.315 e. The van der Waals surface area contributed by atoms with Crippen molar-refractivity contribution in [2.75, 3.05) is 19.6 Å². The second-order valence-corrected chi connectivity index (χ2v) is 4.79. The highest BCUT2D eigenvalue weighted by Gasteiger charge is 2.19. The van der Waals surface area contributed by atoms with E-state index in [-0.39, 0.29) is 0 Å². The summed E-state index contributed by atoms with van der Waals surface area (Å²) in [7, 11) is 0. The summed E-state index contributed by atoms with van der Waals surface area (Å²) in [5.74, 6) is 0. The second kappa shape index (κ2) is 6.24. The molecule has 0 heterocycles. The van der Waals surface area contributed by atoms with E-state index >= 15 is 0 Å². The molecule has 0 radical (unpaired) electrons. The van der Waals surface area contributed by atoms with Crippen molar-refractivity contribution in [2.24, 2.45) is 0 Å². The van der Waals surface area contributed by atoms with Gasteiger partial charge in [-0.2, -0.15) is 0 Å². The molecule has 0 amide bonds. The standard InChI is InChI=1S/C13H19ClN2/c14-12-3-1-2-11(10-12)6-7-15-8-9-16-13-4-5-13/h1-3,10,13,15-16H,4-9H2. The van der Waals surface area contributed by atoms with Gasteiger partial charge in [-0.25, -0.2) is 0 Å². The number of hydrogen-bond acceptors (Lipinski definition) is 2. The van der Waals surface area contributed by atoms with Gasteiger partial charge in [-0.3, -0.25) is 0 Å². The normalized spacial score (nSPS) is 15.3. The third kappa shape index (κ3) is 4.52. The molecule has 1 fully saturated rings. The fourth-order valence-electron chi connectivity index (χ4n) is 1.70. The SMILES string of the molecule is Clc1cccc(CCNCCNC2CC2)c1. The molecular formula is C13H19ClN2. The lowest BCUT2D eigenvalue weighted by Crippen LogP contribution is -2.29. The Morgan fingerprint density at radius 2 is 2.06 bits per heavy atom. The van der Waals surface area contributed by atoms with Crippen LogP contribution in [-0.2, 0) is 6.42 Å². The van der Waals surface area contributed by atoms with Crippen molar-refractivity contribution in [3.63, 3.8) is 0 Å². The van der Waals surface area contributed by atoms with Crippen LogP contribution >= 0.6 is 11.6 Å². The van der Waals surface area contributed by atoms with Crippen molar-refractivity contribution in [3.8, 4) is 0 Å². The number of rotatable bonds is 7. The second-order valence-electron chi connectivity index (χ2n) is 4.36. The van der Waals surface area contributed by atoms with Crippen LogP contribution in [0.1, 0.15) is 18.4 Å². The Morgan fingerprint density at radius 3 is 2.81 bits per heavy atom. The Labute approximate surface area is 102 Å². The van der Waals surface area contributed by atoms with Crippen molar-refractivity contribution in [2.45, 2.75) is 25.3 Å². The van der Waals surface area contributed by atoms with E-state index in [1.807, 2.05) is 18.2 Å². The van der Waals surface area contributed by atoms with E-state index in [0.717, 1.165) is 37.1 Å². The molecule has 0 saturated heterocycles. The van der Waals surface area contributed by atoms with Gasteiger partial charge in [0.05, 0.1) is 0 Å². The molecule has 1 aromatic rings. The average molecular weight is 239 g/mol. The first-order chi connectivity index (χ1) is 7.84. The molecule has 1 saturated carbocycles. The van der Waals surface area contributed by atoms with Gasteiger partial charge in [-0.15, -0.1) is 0 Å². The zero-order valence-corrected chi connectivity index (χ0v) is 10.3. The van der Waals surface area contributed by atoms with E-state index in [2.05, 4.69) is 16.7 Å². The lowest BCUT2D eigenvalue weighted by molar-refractivity contribution is 0.609. The molecule has 0 bridgehead atoms. The predicted molar refractivity (Wildman–Crippen MR) is 69.1 cm³/mol. The summed E-state index contributed by atoms with van der Waals surface area (Å²) in [5.41, 5.74) is 1.30. The Morgan fingerprint density at radius 1 is 1.19 bits per heavy atom. The third-order valence-electron chi connectivity index (χ3n) is 2.79. The summed E-state index contributed by atoms with van der Waals surface area (Å²) in [6.07, 6.45) is 3.77. The summed E-state index contributed by atoms with van der Waals surface area (Å²) >= 11 is 5.92. The quantitative estimate of drug-likeness (QED) is 0.712. The fraction of sp³-hybridized carbons (Fsp3) is 0.538. The Bertz CT molecular complexity index is 323. The molecule has 88 valence electrons. The Kier molecular flexibility index (Phi) is 4.64. The molecule has 2 rings (SSSR count). The minimum atomic E-state index is 0.815. The molecule has 0 aromatic heterocycles. The Balaban J connectivity index is 1.53. The molecule has 1 aliphatic rings. The number of nitrogens with one attached hydrogen (secondary N) is 2. The average Bonchev–Trinajstić information content (AvgIpc) is 3.07. The molecule has 2 nitrogen and oxygen atoms in total. The van der Waals surface area contributed by atoms with E-state index < -0.39 is 0 Å². The lowest BCUT2D eigenvalue weighted by Gasteiger charge is -2.06. The van der Waals surface area contributed by atoms with Gasteiger partial charge in [0.25, 0.3) is 0 Å². The molecular weight excluding hydrogens is 220 g/mol. The van der Waals surface area contributed by atoms with Gasteiger partial charge in [-0.05, 0) is 43.5 Å². The van der Waals surface area contributed by atoms with Crippen LogP contribution in [0.2, 0.25) is 5.02 Å². The summed E-state index contributed by atoms with van der Waals surface area (Å²) in [6, 6.07) is 8.89. The van der Waals surface area contributed by atoms with Crippen LogP contribution < -0.4 is 10.6 Å². The maximum Gasteiger partial charge on any atom is 0.0408 e. The molecule has 0 unspecified atom stereocenters. The van der Waals surface area contributed by atoms with E-state index in [0.29, 0.717) is 0 Å². The summed E-state index contributed by atoms with van der Waals surface area (Å²) < 4.78 is 0. The van der Waals surface area contributed by atoms with Crippen molar-refractivity contribution in [1.29, 1.82) is 0 Å². The van der Waals surface area contributed by atoms with Crippen LogP contribution in [0.5, 0.6) is 0 Å². The smallest absolute Gasteiger partial charge is 0.0408 e. The molecule has 16 heavy (non-hydrogen) atoms. The van der Waals surface area contributed by atoms with Gasteiger partial charge in [0, 0.05) is 24.2 Å². The van der Waals surface area contributed by atoms with Crippen LogP contribution in [-0.4, -0.2) is 25.7 Å². The zero-order valence-electron chi connectivity index (χ0n) is 9.51. The van der Waals surface area contributed by atoms with Gasteiger partial charge in [0.2, 0.25) is 0 Å². The van der Waals surface area contributed by atoms with Crippen molar-refractivity contribution in [1.82, 2.24) is 10.6 Å². The summed E-state index contributed by atoms with van der Waals surface area (Å²) in [5, 5.41) is 7.74. The van der Waals surface area contributed by atoms with Crippen LogP contribution in [0.25, 0.3) is 0 Å². The minimum absolute atomic E-state index is 0.815. The van der Waals surface area contributed by atoms with Crippen LogP contribution in [0, 0.1) is 0 Å². The van der Waals surface area contributed by atoms with E-state index in [9.17, 15) is 0 Å². The number of halogens is 1. The molecule has 1 aliphatic carbocycles. The molecule has 2 N–H and O–H groups in total. The van der Waals surface area contributed by atoms with Gasteiger partial charge in [-0.1, -0.05) is 23.7 Å². The van der Waals surface area contributed by atoms with Crippen LogP contribution in [0.4, 0.5) is 0 Å². The monoisotopic (exact) mass is 238 g/mol. The third-order valence-corrected chi connectivity index (χ3v) is 3.03.